The molecule has 1 aromatic rings. The lowest BCUT2D eigenvalue weighted by molar-refractivity contribution is 0.00990. The van der Waals surface area contributed by atoms with E-state index >= 15 is 0 Å². The summed E-state index contributed by atoms with van der Waals surface area (Å²) in [5.41, 5.74) is 1.24. The Morgan fingerprint density at radius 2 is 1.93 bits per heavy atom. The molecular weight excluding hydrogens is 473 g/mol. The summed E-state index contributed by atoms with van der Waals surface area (Å²) in [6.07, 6.45) is 5.54. The normalized spacial score (nSPS) is 15.5. The molecule has 0 bridgehead atoms. The molecule has 27 heavy (non-hydrogen) atoms. The first-order valence-electron chi connectivity index (χ1n) is 9.53. The quantitative estimate of drug-likeness (QED) is 0.180. The van der Waals surface area contributed by atoms with E-state index in [0.717, 1.165) is 58.1 Å². The summed E-state index contributed by atoms with van der Waals surface area (Å²) in [6, 6.07) is 8.65. The van der Waals surface area contributed by atoms with Gasteiger partial charge in [0.25, 0.3) is 0 Å². The fourth-order valence-electron chi connectivity index (χ4n) is 3.01. The number of hydrogen-bond donors (Lipinski definition) is 1. The molecule has 2 rings (SSSR count). The maximum Gasteiger partial charge on any atom is 0.194 e. The number of nitrogens with zero attached hydrogens (tertiary/aromatic N) is 2. The first kappa shape index (κ1) is 24.5. The van der Waals surface area contributed by atoms with Gasteiger partial charge in [-0.25, -0.2) is 4.99 Å². The van der Waals surface area contributed by atoms with Crippen molar-refractivity contribution in [2.45, 2.75) is 43.7 Å². The lowest BCUT2D eigenvalue weighted by Gasteiger charge is -2.34. The fraction of sp³-hybridized carbons (Fsp3) is 0.650. The van der Waals surface area contributed by atoms with Crippen molar-refractivity contribution in [3.63, 3.8) is 0 Å². The maximum atomic E-state index is 5.96. The van der Waals surface area contributed by atoms with Gasteiger partial charge in [-0.1, -0.05) is 12.1 Å². The summed E-state index contributed by atoms with van der Waals surface area (Å²) in [6.45, 7) is 7.27. The van der Waals surface area contributed by atoms with E-state index in [4.69, 9.17) is 14.5 Å². The standard InChI is InChI=1S/C20H33N3O2S.HI/c1-4-21-20(22-16-17-6-8-19(26-3)9-7-17)23-12-10-18(11-13-23)25-15-5-14-24-2;/h6-9,18H,4-5,10-16H2,1-3H3,(H,21,22);1H. The molecule has 7 heteroatoms. The highest BCUT2D eigenvalue weighted by atomic mass is 127. The molecule has 1 aliphatic heterocycles. The van der Waals surface area contributed by atoms with Crippen LogP contribution in [0.15, 0.2) is 34.2 Å². The average Bonchev–Trinajstić information content (AvgIpc) is 2.69. The lowest BCUT2D eigenvalue weighted by Crippen LogP contribution is -2.47. The van der Waals surface area contributed by atoms with Crippen LogP contribution in [0.5, 0.6) is 0 Å². The van der Waals surface area contributed by atoms with Crippen LogP contribution in [0.25, 0.3) is 0 Å². The second-order valence-electron chi connectivity index (χ2n) is 6.42. The number of halogens is 1. The highest BCUT2D eigenvalue weighted by molar-refractivity contribution is 14.0. The largest absolute Gasteiger partial charge is 0.385 e. The highest BCUT2D eigenvalue weighted by Crippen LogP contribution is 2.16. The molecule has 1 aliphatic rings. The number of nitrogens with one attached hydrogen (secondary N) is 1. The number of guanidine groups is 1. The van der Waals surface area contributed by atoms with Gasteiger partial charge in [0.15, 0.2) is 5.96 Å². The molecule has 1 aromatic carbocycles. The third-order valence-electron chi connectivity index (χ3n) is 4.49. The Bertz CT molecular complexity index is 535. The average molecular weight is 507 g/mol. The third kappa shape index (κ3) is 9.02. The van der Waals surface area contributed by atoms with Crippen LogP contribution in [-0.4, -0.2) is 63.2 Å². The van der Waals surface area contributed by atoms with Gasteiger partial charge < -0.3 is 19.7 Å². The topological polar surface area (TPSA) is 46.1 Å². The van der Waals surface area contributed by atoms with Crippen molar-refractivity contribution < 1.29 is 9.47 Å². The summed E-state index contributed by atoms with van der Waals surface area (Å²) in [5, 5.41) is 3.43. The molecule has 0 unspecified atom stereocenters. The smallest absolute Gasteiger partial charge is 0.194 e. The molecule has 1 fully saturated rings. The molecule has 0 aliphatic carbocycles. The molecule has 0 amide bonds. The number of piperidine rings is 1. The third-order valence-corrected chi connectivity index (χ3v) is 5.24. The number of hydrogen-bond acceptors (Lipinski definition) is 4. The maximum absolute atomic E-state index is 5.96. The van der Waals surface area contributed by atoms with Crippen LogP contribution in [0.2, 0.25) is 0 Å². The van der Waals surface area contributed by atoms with Gasteiger partial charge in [-0.05, 0) is 50.1 Å². The molecular formula is C20H34IN3O2S. The van der Waals surface area contributed by atoms with E-state index in [1.165, 1.54) is 10.5 Å². The zero-order chi connectivity index (χ0) is 18.6. The van der Waals surface area contributed by atoms with Gasteiger partial charge in [-0.15, -0.1) is 35.7 Å². The van der Waals surface area contributed by atoms with Gasteiger partial charge in [0, 0.05) is 44.9 Å². The van der Waals surface area contributed by atoms with Crippen molar-refractivity contribution in [3.8, 4) is 0 Å². The van der Waals surface area contributed by atoms with Gasteiger partial charge in [0.05, 0.1) is 12.6 Å². The van der Waals surface area contributed by atoms with Gasteiger partial charge >= 0.3 is 0 Å². The van der Waals surface area contributed by atoms with Crippen LogP contribution >= 0.6 is 35.7 Å². The van der Waals surface area contributed by atoms with E-state index < -0.39 is 0 Å². The van der Waals surface area contributed by atoms with Gasteiger partial charge in [0.1, 0.15) is 0 Å². The first-order chi connectivity index (χ1) is 12.8. The van der Waals surface area contributed by atoms with Gasteiger partial charge in [0.2, 0.25) is 0 Å². The summed E-state index contributed by atoms with van der Waals surface area (Å²) in [7, 11) is 1.73. The van der Waals surface area contributed by atoms with Crippen molar-refractivity contribution in [2.75, 3.05) is 46.2 Å². The van der Waals surface area contributed by atoms with E-state index in [1.54, 1.807) is 18.9 Å². The lowest BCUT2D eigenvalue weighted by atomic mass is 10.1. The Hall–Kier alpha value is -0.510. The molecule has 5 nitrogen and oxygen atoms in total. The number of rotatable bonds is 9. The molecule has 0 spiro atoms. The van der Waals surface area contributed by atoms with Crippen molar-refractivity contribution in [3.05, 3.63) is 29.8 Å². The first-order valence-corrected chi connectivity index (χ1v) is 10.8. The highest BCUT2D eigenvalue weighted by Gasteiger charge is 2.21. The van der Waals surface area contributed by atoms with Crippen LogP contribution in [0, 0.1) is 0 Å². The van der Waals surface area contributed by atoms with Crippen LogP contribution < -0.4 is 5.32 Å². The van der Waals surface area contributed by atoms with E-state index in [1.807, 2.05) is 0 Å². The van der Waals surface area contributed by atoms with Crippen molar-refractivity contribution >= 4 is 41.7 Å². The second-order valence-corrected chi connectivity index (χ2v) is 7.30. The zero-order valence-corrected chi connectivity index (χ0v) is 19.9. The molecule has 0 saturated carbocycles. The minimum Gasteiger partial charge on any atom is -0.385 e. The van der Waals surface area contributed by atoms with Crippen molar-refractivity contribution in [2.24, 2.45) is 4.99 Å². The Morgan fingerprint density at radius 3 is 2.52 bits per heavy atom. The minimum atomic E-state index is 0. The Labute approximate surface area is 185 Å². The molecule has 0 radical (unpaired) electrons. The molecule has 1 saturated heterocycles. The molecule has 154 valence electrons. The summed E-state index contributed by atoms with van der Waals surface area (Å²) in [4.78, 5) is 8.49. The van der Waals surface area contributed by atoms with Gasteiger partial charge in [-0.3, -0.25) is 0 Å². The van der Waals surface area contributed by atoms with E-state index in [-0.39, 0.29) is 24.0 Å². The Balaban J connectivity index is 0.00000364. The van der Waals surface area contributed by atoms with E-state index in [9.17, 15) is 0 Å². The fourth-order valence-corrected chi connectivity index (χ4v) is 3.42. The number of likely N-dealkylation sites (tertiary alicyclic amines) is 1. The molecule has 1 heterocycles. The number of ether oxygens (including phenoxy) is 2. The van der Waals surface area contributed by atoms with Crippen molar-refractivity contribution in [1.29, 1.82) is 0 Å². The predicted molar refractivity (Wildman–Crippen MR) is 125 cm³/mol. The molecule has 1 N–H and O–H groups in total. The second kappa shape index (κ2) is 14.5. The molecule has 0 atom stereocenters. The Morgan fingerprint density at radius 1 is 1.22 bits per heavy atom. The summed E-state index contributed by atoms with van der Waals surface area (Å²) >= 11 is 1.77. The van der Waals surface area contributed by atoms with Crippen LogP contribution in [0.1, 0.15) is 31.7 Å². The van der Waals surface area contributed by atoms with Crippen LogP contribution in [0.3, 0.4) is 0 Å². The number of thioether (sulfide) groups is 1. The molecule has 0 aromatic heterocycles. The van der Waals surface area contributed by atoms with Crippen LogP contribution in [-0.2, 0) is 16.0 Å². The number of benzene rings is 1. The SMILES string of the molecule is CCNC(=NCc1ccc(SC)cc1)N1CCC(OCCCOC)CC1.I. The van der Waals surface area contributed by atoms with Crippen molar-refractivity contribution in [1.82, 2.24) is 10.2 Å². The number of methoxy groups -OCH3 is 1. The zero-order valence-electron chi connectivity index (χ0n) is 16.8. The number of aliphatic imine (C=N–C) groups is 1. The minimum absolute atomic E-state index is 0. The monoisotopic (exact) mass is 507 g/mol. The van der Waals surface area contributed by atoms with E-state index in [0.29, 0.717) is 12.6 Å². The van der Waals surface area contributed by atoms with E-state index in [2.05, 4.69) is 47.7 Å². The summed E-state index contributed by atoms with van der Waals surface area (Å²) < 4.78 is 11.0. The van der Waals surface area contributed by atoms with Gasteiger partial charge in [-0.2, -0.15) is 0 Å². The Kier molecular flexibility index (Phi) is 13.2. The summed E-state index contributed by atoms with van der Waals surface area (Å²) in [5.74, 6) is 1.01. The predicted octanol–water partition coefficient (Wildman–Crippen LogP) is 4.01. The van der Waals surface area contributed by atoms with Crippen LogP contribution in [0.4, 0.5) is 0 Å².